The second kappa shape index (κ2) is 1.51. The maximum Gasteiger partial charge on any atom is 0.312 e. The van der Waals surface area contributed by atoms with Crippen LogP contribution in [0.1, 0.15) is 0 Å². The molecular weight excluding hydrogens is 146 g/mol. The summed E-state index contributed by atoms with van der Waals surface area (Å²) in [4.78, 5) is 0. The summed E-state index contributed by atoms with van der Waals surface area (Å²) in [6, 6.07) is 0. The Morgan fingerprint density at radius 3 is 3.00 bits per heavy atom. The maximum absolute atomic E-state index is 4.49. The number of ether oxygens (including phenoxy) is 1. The molecule has 0 saturated heterocycles. The van der Waals surface area contributed by atoms with Crippen LogP contribution in [0.3, 0.4) is 0 Å². The van der Waals surface area contributed by atoms with Gasteiger partial charge in [0, 0.05) is 0 Å². The van der Waals surface area contributed by atoms with Gasteiger partial charge in [0.05, 0.1) is 0 Å². The Bertz CT molecular complexity index is 80.9. The van der Waals surface area contributed by atoms with Gasteiger partial charge in [-0.25, -0.2) is 0 Å². The van der Waals surface area contributed by atoms with E-state index in [1.807, 2.05) is 0 Å². The van der Waals surface area contributed by atoms with E-state index >= 15 is 0 Å². The van der Waals surface area contributed by atoms with Crippen LogP contribution in [0.15, 0.2) is 10.9 Å². The number of nitrogens with one attached hydrogen (secondary N) is 1. The highest BCUT2D eigenvalue weighted by molar-refractivity contribution is 9.11. The van der Waals surface area contributed by atoms with E-state index in [2.05, 4.69) is 32.7 Å². The Kier molecular flexibility index (Phi) is 1.01. The molecule has 0 bridgehead atoms. The quantitative estimate of drug-likeness (QED) is 0.513. The van der Waals surface area contributed by atoms with E-state index in [1.54, 1.807) is 0 Å². The third kappa shape index (κ3) is 0.653. The van der Waals surface area contributed by atoms with Gasteiger partial charge in [0.25, 0.3) is 0 Å². The van der Waals surface area contributed by atoms with Crippen LogP contribution >= 0.6 is 15.9 Å². The second-order valence-corrected chi connectivity index (χ2v) is 1.67. The Labute approximate surface area is 44.3 Å². The fourth-order valence-electron chi connectivity index (χ4n) is 0.189. The van der Waals surface area contributed by atoms with Gasteiger partial charge in [-0.05, 0) is 15.9 Å². The Hall–Kier alpha value is -0.180. The molecule has 3 heteroatoms. The van der Waals surface area contributed by atoms with Gasteiger partial charge in [-0.1, -0.05) is 0 Å². The van der Waals surface area contributed by atoms with Crippen LogP contribution in [0.2, 0.25) is 0 Å². The van der Waals surface area contributed by atoms with Gasteiger partial charge in [0.2, 0.25) is 0 Å². The van der Waals surface area contributed by atoms with Gasteiger partial charge in [-0.3, -0.25) is 0 Å². The summed E-state index contributed by atoms with van der Waals surface area (Å²) in [5.41, 5.74) is 0. The number of halogens is 1. The zero-order chi connectivity index (χ0) is 4.41. The molecule has 6 heavy (non-hydrogen) atoms. The highest BCUT2D eigenvalue weighted by Gasteiger charge is 1.98. The van der Waals surface area contributed by atoms with Crippen molar-refractivity contribution >= 4 is 15.9 Å². The van der Waals surface area contributed by atoms with Crippen molar-refractivity contribution in [1.82, 2.24) is 5.32 Å². The van der Waals surface area contributed by atoms with E-state index in [0.717, 1.165) is 4.61 Å². The van der Waals surface area contributed by atoms with Gasteiger partial charge < -0.3 is 10.1 Å². The van der Waals surface area contributed by atoms with Crippen molar-refractivity contribution in [1.29, 1.82) is 0 Å². The average molecular weight is 148 g/mol. The lowest BCUT2D eigenvalue weighted by Crippen LogP contribution is -1.95. The summed E-state index contributed by atoms with van der Waals surface area (Å²) >= 11 is 3.10. The zero-order valence-electron chi connectivity index (χ0n) is 2.86. The van der Waals surface area contributed by atoms with E-state index < -0.39 is 0 Å². The molecule has 1 N–H and O–H groups in total. The second-order valence-electron chi connectivity index (χ2n) is 0.811. The first-order valence-corrected chi connectivity index (χ1v) is 2.21. The van der Waals surface area contributed by atoms with Crippen molar-refractivity contribution in [3.63, 3.8) is 0 Å². The first kappa shape index (κ1) is 3.99. The molecule has 0 aromatic heterocycles. The van der Waals surface area contributed by atoms with Gasteiger partial charge in [-0.15, -0.1) is 0 Å². The molecule has 0 spiro atoms. The maximum atomic E-state index is 4.49. The highest BCUT2D eigenvalue weighted by atomic mass is 79.9. The molecule has 0 aromatic rings. The molecular formula is C3H2BrNO. The summed E-state index contributed by atoms with van der Waals surface area (Å²) in [7, 11) is 0. The van der Waals surface area contributed by atoms with Crippen molar-refractivity contribution in [2.45, 2.75) is 0 Å². The lowest BCUT2D eigenvalue weighted by molar-refractivity contribution is 0.345. The minimum atomic E-state index is 0.808. The topological polar surface area (TPSA) is 21.3 Å². The Balaban J connectivity index is 2.45. The fraction of sp³-hybridized carbons (Fsp3) is 0. The lowest BCUT2D eigenvalue weighted by atomic mass is 11.0. The van der Waals surface area contributed by atoms with Crippen LogP contribution < -0.4 is 5.32 Å². The lowest BCUT2D eigenvalue weighted by Gasteiger charge is -1.80. The number of rotatable bonds is 0. The molecule has 0 aliphatic carbocycles. The van der Waals surface area contributed by atoms with Crippen LogP contribution in [-0.4, -0.2) is 0 Å². The zero-order valence-corrected chi connectivity index (χ0v) is 4.45. The Morgan fingerprint density at radius 1 is 2.00 bits per heavy atom. The van der Waals surface area contributed by atoms with E-state index in [0.29, 0.717) is 0 Å². The van der Waals surface area contributed by atoms with Gasteiger partial charge in [0.15, 0.2) is 0 Å². The number of hydrogen-bond donors (Lipinski definition) is 1. The van der Waals surface area contributed by atoms with Gasteiger partial charge >= 0.3 is 6.73 Å². The normalized spacial score (nSPS) is 18.5. The largest absolute Gasteiger partial charge is 0.461 e. The monoisotopic (exact) mass is 147 g/mol. The first-order chi connectivity index (χ1) is 2.89. The molecule has 0 saturated carbocycles. The molecule has 2 radical (unpaired) electrons. The molecule has 32 valence electrons. The van der Waals surface area contributed by atoms with Crippen LogP contribution in [-0.2, 0) is 4.74 Å². The van der Waals surface area contributed by atoms with E-state index in [4.69, 9.17) is 0 Å². The van der Waals surface area contributed by atoms with Crippen molar-refractivity contribution in [3.8, 4) is 0 Å². The molecule has 0 fully saturated rings. The molecule has 1 aliphatic rings. The minimum absolute atomic E-state index is 0.808. The minimum Gasteiger partial charge on any atom is -0.461 e. The number of hydrogen-bond acceptors (Lipinski definition) is 2. The van der Waals surface area contributed by atoms with Crippen molar-refractivity contribution in [2.24, 2.45) is 0 Å². The van der Waals surface area contributed by atoms with Crippen LogP contribution in [0.25, 0.3) is 0 Å². The molecule has 1 aliphatic heterocycles. The summed E-state index contributed by atoms with van der Waals surface area (Å²) in [5.74, 6) is 0. The molecule has 1 rings (SSSR count). The SMILES string of the molecule is BrC1=CO[C]N1. The summed E-state index contributed by atoms with van der Waals surface area (Å²) in [6.07, 6.45) is 1.51. The van der Waals surface area contributed by atoms with Crippen LogP contribution in [0.5, 0.6) is 0 Å². The third-order valence-electron chi connectivity index (χ3n) is 0.392. The van der Waals surface area contributed by atoms with E-state index in [9.17, 15) is 0 Å². The van der Waals surface area contributed by atoms with Crippen LogP contribution in [0, 0.1) is 6.73 Å². The van der Waals surface area contributed by atoms with Crippen molar-refractivity contribution in [2.75, 3.05) is 0 Å². The Morgan fingerprint density at radius 2 is 2.83 bits per heavy atom. The van der Waals surface area contributed by atoms with E-state index in [-0.39, 0.29) is 0 Å². The molecule has 0 amide bonds. The summed E-state index contributed by atoms with van der Waals surface area (Å²) in [5, 5.41) is 2.62. The molecule has 2 nitrogen and oxygen atoms in total. The van der Waals surface area contributed by atoms with Crippen molar-refractivity contribution in [3.05, 3.63) is 17.6 Å². The summed E-state index contributed by atoms with van der Waals surface area (Å²) < 4.78 is 5.29. The molecule has 0 aromatic carbocycles. The van der Waals surface area contributed by atoms with Gasteiger partial charge in [0.1, 0.15) is 10.9 Å². The van der Waals surface area contributed by atoms with Gasteiger partial charge in [-0.2, -0.15) is 0 Å². The molecule has 1 heterocycles. The predicted molar refractivity (Wildman–Crippen MR) is 24.5 cm³/mol. The van der Waals surface area contributed by atoms with E-state index in [1.165, 1.54) is 6.26 Å². The average Bonchev–Trinajstić information content (AvgIpc) is 1.86. The molecule has 0 atom stereocenters. The van der Waals surface area contributed by atoms with Crippen LogP contribution in [0.4, 0.5) is 0 Å². The fourth-order valence-corrected chi connectivity index (χ4v) is 0.363. The van der Waals surface area contributed by atoms with Crippen molar-refractivity contribution < 1.29 is 4.74 Å². The smallest absolute Gasteiger partial charge is 0.312 e. The highest BCUT2D eigenvalue weighted by Crippen LogP contribution is 2.06. The molecule has 0 unspecified atom stereocenters. The predicted octanol–water partition coefficient (Wildman–Crippen LogP) is 0.796. The third-order valence-corrected chi connectivity index (χ3v) is 0.777. The summed E-state index contributed by atoms with van der Waals surface area (Å²) in [6.45, 7) is 2.38. The first-order valence-electron chi connectivity index (χ1n) is 1.42. The standard InChI is InChI=1S/C3H2BrNO/c4-3-1-6-2-5-3/h1,5H.